The van der Waals surface area contributed by atoms with Crippen LogP contribution in [0.2, 0.25) is 0 Å². The highest BCUT2D eigenvalue weighted by Crippen LogP contribution is 2.24. The van der Waals surface area contributed by atoms with E-state index in [9.17, 15) is 8.42 Å². The summed E-state index contributed by atoms with van der Waals surface area (Å²) in [4.78, 5) is 3.95. The van der Waals surface area contributed by atoms with Gasteiger partial charge in [-0.1, -0.05) is 26.0 Å². The van der Waals surface area contributed by atoms with Crippen LogP contribution in [0.1, 0.15) is 19.4 Å². The van der Waals surface area contributed by atoms with Crippen molar-refractivity contribution >= 4 is 15.7 Å². The third-order valence-corrected chi connectivity index (χ3v) is 4.74. The summed E-state index contributed by atoms with van der Waals surface area (Å²) >= 11 is 0. The van der Waals surface area contributed by atoms with Crippen LogP contribution in [0.15, 0.2) is 53.7 Å². The van der Waals surface area contributed by atoms with Crippen molar-refractivity contribution in [2.75, 3.05) is 11.3 Å². The van der Waals surface area contributed by atoms with E-state index in [1.54, 1.807) is 18.2 Å². The number of nitrogens with two attached hydrogens (primary N) is 1. The number of benzene rings is 1. The molecule has 0 saturated heterocycles. The Kier molecular flexibility index (Phi) is 4.29. The first-order valence-corrected chi connectivity index (χ1v) is 8.07. The van der Waals surface area contributed by atoms with Crippen molar-refractivity contribution in [2.45, 2.75) is 24.2 Å². The molecule has 2 rings (SSSR count). The Bertz CT molecular complexity index is 695. The molecule has 0 aliphatic carbocycles. The molecule has 112 valence electrons. The van der Waals surface area contributed by atoms with Gasteiger partial charge in [0.15, 0.2) is 0 Å². The van der Waals surface area contributed by atoms with Crippen LogP contribution < -0.4 is 10.5 Å². The van der Waals surface area contributed by atoms with E-state index >= 15 is 0 Å². The van der Waals surface area contributed by atoms with Crippen LogP contribution in [-0.2, 0) is 15.4 Å². The van der Waals surface area contributed by atoms with E-state index in [1.807, 2.05) is 26.0 Å². The van der Waals surface area contributed by atoms with Gasteiger partial charge in [-0.15, -0.1) is 0 Å². The lowest BCUT2D eigenvalue weighted by Crippen LogP contribution is -2.27. The van der Waals surface area contributed by atoms with Crippen LogP contribution in [0.3, 0.4) is 0 Å². The summed E-state index contributed by atoms with van der Waals surface area (Å²) in [6, 6.07) is 10.3. The van der Waals surface area contributed by atoms with Crippen molar-refractivity contribution in [3.63, 3.8) is 0 Å². The molecule has 0 bridgehead atoms. The summed E-state index contributed by atoms with van der Waals surface area (Å²) in [6.07, 6.45) is 2.84. The molecule has 0 saturated carbocycles. The lowest BCUT2D eigenvalue weighted by Gasteiger charge is -2.23. The molecule has 0 spiro atoms. The van der Waals surface area contributed by atoms with Gasteiger partial charge >= 0.3 is 0 Å². The predicted molar refractivity (Wildman–Crippen MR) is 83.6 cm³/mol. The maximum Gasteiger partial charge on any atom is 0.263 e. The van der Waals surface area contributed by atoms with Gasteiger partial charge in [0.25, 0.3) is 10.0 Å². The second-order valence-corrected chi connectivity index (χ2v) is 7.14. The Balaban J connectivity index is 2.22. The van der Waals surface area contributed by atoms with Crippen LogP contribution in [0.5, 0.6) is 0 Å². The van der Waals surface area contributed by atoms with Crippen molar-refractivity contribution < 1.29 is 8.42 Å². The summed E-state index contributed by atoms with van der Waals surface area (Å²) in [7, 11) is -3.60. The van der Waals surface area contributed by atoms with Gasteiger partial charge < -0.3 is 5.73 Å². The molecule has 0 atom stereocenters. The summed E-state index contributed by atoms with van der Waals surface area (Å²) < 4.78 is 26.9. The second kappa shape index (κ2) is 5.83. The number of hydrogen-bond donors (Lipinski definition) is 2. The standard InChI is InChI=1S/C15H19N3O2S/c1-15(2,11-16)12-5-7-13(8-6-12)18-21(19,20)14-4-3-9-17-10-14/h3-10,18H,11,16H2,1-2H3. The molecule has 0 aliphatic rings. The van der Waals surface area contributed by atoms with Gasteiger partial charge in [0.05, 0.1) is 0 Å². The average Bonchev–Trinajstić information content (AvgIpc) is 2.48. The zero-order chi connectivity index (χ0) is 15.5. The van der Waals surface area contributed by atoms with Gasteiger partial charge in [0.2, 0.25) is 0 Å². The van der Waals surface area contributed by atoms with E-state index in [4.69, 9.17) is 5.73 Å². The van der Waals surface area contributed by atoms with E-state index in [0.29, 0.717) is 12.2 Å². The molecular weight excluding hydrogens is 286 g/mol. The molecule has 0 radical (unpaired) electrons. The molecule has 1 aromatic carbocycles. The number of rotatable bonds is 5. The van der Waals surface area contributed by atoms with Gasteiger partial charge in [-0.3, -0.25) is 9.71 Å². The first-order valence-electron chi connectivity index (χ1n) is 6.59. The van der Waals surface area contributed by atoms with Gasteiger partial charge in [0, 0.05) is 30.0 Å². The molecule has 6 heteroatoms. The van der Waals surface area contributed by atoms with Crippen LogP contribution in [0.4, 0.5) is 5.69 Å². The monoisotopic (exact) mass is 305 g/mol. The topological polar surface area (TPSA) is 85.1 Å². The SMILES string of the molecule is CC(C)(CN)c1ccc(NS(=O)(=O)c2cccnc2)cc1. The predicted octanol–water partition coefficient (Wildman–Crippen LogP) is 2.12. The number of hydrogen-bond acceptors (Lipinski definition) is 4. The van der Waals surface area contributed by atoms with Gasteiger partial charge in [0.1, 0.15) is 4.90 Å². The fraction of sp³-hybridized carbons (Fsp3) is 0.267. The third-order valence-electron chi connectivity index (χ3n) is 3.37. The minimum atomic E-state index is -3.60. The molecule has 1 aromatic heterocycles. The van der Waals surface area contributed by atoms with Crippen LogP contribution in [-0.4, -0.2) is 19.9 Å². The van der Waals surface area contributed by atoms with Gasteiger partial charge in [-0.25, -0.2) is 8.42 Å². The Labute approximate surface area is 125 Å². The maximum absolute atomic E-state index is 12.2. The number of nitrogens with one attached hydrogen (secondary N) is 1. The molecule has 1 heterocycles. The lowest BCUT2D eigenvalue weighted by atomic mass is 9.85. The van der Waals surface area contributed by atoms with E-state index in [-0.39, 0.29) is 10.3 Å². The van der Waals surface area contributed by atoms with E-state index in [0.717, 1.165) is 5.56 Å². The minimum absolute atomic E-state index is 0.136. The highest BCUT2D eigenvalue weighted by Gasteiger charge is 2.19. The number of nitrogens with zero attached hydrogens (tertiary/aromatic N) is 1. The van der Waals surface area contributed by atoms with Crippen molar-refractivity contribution in [2.24, 2.45) is 5.73 Å². The maximum atomic E-state index is 12.2. The van der Waals surface area contributed by atoms with Gasteiger partial charge in [-0.2, -0.15) is 0 Å². The number of sulfonamides is 1. The van der Waals surface area contributed by atoms with Crippen molar-refractivity contribution in [1.29, 1.82) is 0 Å². The molecule has 0 unspecified atom stereocenters. The van der Waals surface area contributed by atoms with Crippen LogP contribution in [0.25, 0.3) is 0 Å². The lowest BCUT2D eigenvalue weighted by molar-refractivity contribution is 0.539. The molecule has 0 amide bonds. The largest absolute Gasteiger partial charge is 0.330 e. The molecular formula is C15H19N3O2S. The summed E-state index contributed by atoms with van der Waals surface area (Å²) in [5.41, 5.74) is 7.17. The Morgan fingerprint density at radius 2 is 1.86 bits per heavy atom. The fourth-order valence-corrected chi connectivity index (χ4v) is 2.85. The van der Waals surface area contributed by atoms with Crippen LogP contribution >= 0.6 is 0 Å². The van der Waals surface area contributed by atoms with Crippen LogP contribution in [0, 0.1) is 0 Å². The Hall–Kier alpha value is -1.92. The summed E-state index contributed by atoms with van der Waals surface area (Å²) in [5, 5.41) is 0. The molecule has 0 fully saturated rings. The number of aromatic nitrogens is 1. The molecule has 3 N–H and O–H groups in total. The van der Waals surface area contributed by atoms with Crippen molar-refractivity contribution in [1.82, 2.24) is 4.98 Å². The first kappa shape index (κ1) is 15.5. The average molecular weight is 305 g/mol. The van der Waals surface area contributed by atoms with Crippen molar-refractivity contribution in [3.8, 4) is 0 Å². The minimum Gasteiger partial charge on any atom is -0.330 e. The normalized spacial score (nSPS) is 12.1. The fourth-order valence-electron chi connectivity index (χ4n) is 1.83. The Morgan fingerprint density at radius 1 is 1.19 bits per heavy atom. The third kappa shape index (κ3) is 3.59. The highest BCUT2D eigenvalue weighted by molar-refractivity contribution is 7.92. The molecule has 0 aliphatic heterocycles. The van der Waals surface area contributed by atoms with Gasteiger partial charge in [-0.05, 0) is 29.8 Å². The van der Waals surface area contributed by atoms with Crippen molar-refractivity contribution in [3.05, 3.63) is 54.4 Å². The van der Waals surface area contributed by atoms with E-state index in [1.165, 1.54) is 18.5 Å². The smallest absolute Gasteiger partial charge is 0.263 e. The van der Waals surface area contributed by atoms with E-state index in [2.05, 4.69) is 9.71 Å². The highest BCUT2D eigenvalue weighted by atomic mass is 32.2. The number of pyridine rings is 1. The zero-order valence-electron chi connectivity index (χ0n) is 12.1. The number of anilines is 1. The second-order valence-electron chi connectivity index (χ2n) is 5.46. The molecule has 21 heavy (non-hydrogen) atoms. The summed E-state index contributed by atoms with van der Waals surface area (Å²) in [6.45, 7) is 4.61. The van der Waals surface area contributed by atoms with E-state index < -0.39 is 10.0 Å². The molecule has 5 nitrogen and oxygen atoms in total. The zero-order valence-corrected chi connectivity index (χ0v) is 12.9. The quantitative estimate of drug-likeness (QED) is 0.886. The first-order chi connectivity index (χ1) is 9.85. The summed E-state index contributed by atoms with van der Waals surface area (Å²) in [5.74, 6) is 0. The molecule has 2 aromatic rings. The Morgan fingerprint density at radius 3 is 2.38 bits per heavy atom.